The van der Waals surface area contributed by atoms with Crippen molar-refractivity contribution in [3.8, 4) is 0 Å². The number of nitrogens with zero attached hydrogens (tertiary/aromatic N) is 4. The molecule has 0 saturated carbocycles. The molecule has 0 unspecified atom stereocenters. The average molecular weight is 341 g/mol. The van der Waals surface area contributed by atoms with Crippen molar-refractivity contribution in [1.82, 2.24) is 14.8 Å². The van der Waals surface area contributed by atoms with Crippen molar-refractivity contribution in [3.05, 3.63) is 35.7 Å². The fourth-order valence-electron chi connectivity index (χ4n) is 3.12. The Hall–Kier alpha value is -2.37. The monoisotopic (exact) mass is 341 g/mol. The van der Waals surface area contributed by atoms with Crippen LogP contribution in [-0.4, -0.2) is 33.8 Å². The second-order valence-corrected chi connectivity index (χ2v) is 7.94. The van der Waals surface area contributed by atoms with Gasteiger partial charge in [0.25, 0.3) is 5.91 Å². The molecule has 2 aromatic rings. The smallest absolute Gasteiger partial charge is 0.258 e. The van der Waals surface area contributed by atoms with Gasteiger partial charge in [-0.2, -0.15) is 5.10 Å². The summed E-state index contributed by atoms with van der Waals surface area (Å²) in [6.45, 7) is 8.61. The van der Waals surface area contributed by atoms with E-state index in [0.29, 0.717) is 11.4 Å². The Bertz CT molecular complexity index is 736. The van der Waals surface area contributed by atoms with E-state index in [1.807, 2.05) is 25.2 Å². The van der Waals surface area contributed by atoms with Crippen molar-refractivity contribution in [2.75, 3.05) is 23.3 Å². The Morgan fingerprint density at radius 2 is 1.96 bits per heavy atom. The van der Waals surface area contributed by atoms with Crippen molar-refractivity contribution in [3.63, 3.8) is 0 Å². The molecule has 3 heterocycles. The van der Waals surface area contributed by atoms with Crippen LogP contribution in [0.3, 0.4) is 0 Å². The lowest BCUT2D eigenvalue weighted by atomic mass is 9.91. The SMILES string of the molecule is Cn1nc(CC(C)(C)C)cc1NC(=O)c1ccc(N2CCCC2)nc1. The number of rotatable bonds is 4. The fourth-order valence-corrected chi connectivity index (χ4v) is 3.12. The Kier molecular flexibility index (Phi) is 4.79. The van der Waals surface area contributed by atoms with Gasteiger partial charge in [-0.15, -0.1) is 0 Å². The van der Waals surface area contributed by atoms with Crippen LogP contribution in [0.1, 0.15) is 49.7 Å². The highest BCUT2D eigenvalue weighted by Crippen LogP contribution is 2.22. The van der Waals surface area contributed by atoms with E-state index in [0.717, 1.165) is 31.0 Å². The normalized spacial score (nSPS) is 14.8. The van der Waals surface area contributed by atoms with E-state index in [1.165, 1.54) is 12.8 Å². The summed E-state index contributed by atoms with van der Waals surface area (Å²) in [5.41, 5.74) is 1.69. The van der Waals surface area contributed by atoms with Crippen LogP contribution in [-0.2, 0) is 13.5 Å². The van der Waals surface area contributed by atoms with Gasteiger partial charge in [0.05, 0.1) is 11.3 Å². The quantitative estimate of drug-likeness (QED) is 0.927. The van der Waals surface area contributed by atoms with Gasteiger partial charge in [-0.3, -0.25) is 9.48 Å². The van der Waals surface area contributed by atoms with Crippen molar-refractivity contribution < 1.29 is 4.79 Å². The Morgan fingerprint density at radius 3 is 2.56 bits per heavy atom. The summed E-state index contributed by atoms with van der Waals surface area (Å²) in [5.74, 6) is 1.49. The van der Waals surface area contributed by atoms with Crippen LogP contribution in [0.4, 0.5) is 11.6 Å². The topological polar surface area (TPSA) is 63.1 Å². The molecule has 0 aliphatic carbocycles. The molecule has 25 heavy (non-hydrogen) atoms. The summed E-state index contributed by atoms with van der Waals surface area (Å²) in [7, 11) is 1.84. The molecule has 1 aliphatic heterocycles. The van der Waals surface area contributed by atoms with E-state index < -0.39 is 0 Å². The van der Waals surface area contributed by atoms with Gasteiger partial charge in [0.15, 0.2) is 0 Å². The van der Waals surface area contributed by atoms with E-state index in [9.17, 15) is 4.79 Å². The molecule has 0 bridgehead atoms. The van der Waals surface area contributed by atoms with E-state index in [2.05, 4.69) is 41.1 Å². The summed E-state index contributed by atoms with van der Waals surface area (Å²) >= 11 is 0. The molecule has 1 N–H and O–H groups in total. The Balaban J connectivity index is 1.67. The first kappa shape index (κ1) is 17.5. The molecule has 0 aromatic carbocycles. The molecule has 1 amide bonds. The number of nitrogens with one attached hydrogen (secondary N) is 1. The predicted octanol–water partition coefficient (Wildman–Crippen LogP) is 3.26. The molecule has 3 rings (SSSR count). The highest BCUT2D eigenvalue weighted by atomic mass is 16.1. The van der Waals surface area contributed by atoms with Crippen molar-refractivity contribution in [2.45, 2.75) is 40.0 Å². The molecule has 1 fully saturated rings. The summed E-state index contributed by atoms with van der Waals surface area (Å²) < 4.78 is 1.71. The van der Waals surface area contributed by atoms with Crippen LogP contribution in [0.2, 0.25) is 0 Å². The zero-order valence-corrected chi connectivity index (χ0v) is 15.5. The highest BCUT2D eigenvalue weighted by Gasteiger charge is 2.17. The summed E-state index contributed by atoms with van der Waals surface area (Å²) in [5, 5.41) is 7.42. The number of pyridine rings is 1. The maximum absolute atomic E-state index is 12.5. The lowest BCUT2D eigenvalue weighted by Crippen LogP contribution is -2.20. The van der Waals surface area contributed by atoms with Gasteiger partial charge >= 0.3 is 0 Å². The van der Waals surface area contributed by atoms with Gasteiger partial charge in [-0.05, 0) is 36.8 Å². The van der Waals surface area contributed by atoms with Gasteiger partial charge in [0.1, 0.15) is 11.6 Å². The maximum atomic E-state index is 12.5. The zero-order chi connectivity index (χ0) is 18.0. The van der Waals surface area contributed by atoms with Gasteiger partial charge in [-0.1, -0.05) is 20.8 Å². The molecule has 6 nitrogen and oxygen atoms in total. The minimum atomic E-state index is -0.161. The summed E-state index contributed by atoms with van der Waals surface area (Å²) in [6.07, 6.45) is 4.93. The molecule has 134 valence electrons. The Morgan fingerprint density at radius 1 is 1.24 bits per heavy atom. The minimum absolute atomic E-state index is 0.158. The molecule has 2 aromatic heterocycles. The lowest BCUT2D eigenvalue weighted by molar-refractivity contribution is 0.102. The highest BCUT2D eigenvalue weighted by molar-refractivity contribution is 6.03. The van der Waals surface area contributed by atoms with Crippen molar-refractivity contribution in [1.29, 1.82) is 0 Å². The van der Waals surface area contributed by atoms with Crippen LogP contribution in [0.5, 0.6) is 0 Å². The van der Waals surface area contributed by atoms with E-state index in [-0.39, 0.29) is 11.3 Å². The molecule has 6 heteroatoms. The van der Waals surface area contributed by atoms with Crippen LogP contribution < -0.4 is 10.2 Å². The number of hydrogen-bond acceptors (Lipinski definition) is 4. The van der Waals surface area contributed by atoms with Crippen LogP contribution >= 0.6 is 0 Å². The van der Waals surface area contributed by atoms with Crippen LogP contribution in [0, 0.1) is 5.41 Å². The minimum Gasteiger partial charge on any atom is -0.357 e. The number of aryl methyl sites for hydroxylation is 1. The fraction of sp³-hybridized carbons (Fsp3) is 0.526. The second-order valence-electron chi connectivity index (χ2n) is 7.94. The third kappa shape index (κ3) is 4.38. The zero-order valence-electron chi connectivity index (χ0n) is 15.5. The molecule has 1 aliphatic rings. The number of carbonyl (C=O) groups excluding carboxylic acids is 1. The predicted molar refractivity (Wildman–Crippen MR) is 100 cm³/mol. The number of anilines is 2. The first-order valence-corrected chi connectivity index (χ1v) is 8.87. The molecule has 0 atom stereocenters. The third-order valence-electron chi connectivity index (χ3n) is 4.32. The van der Waals surface area contributed by atoms with Crippen molar-refractivity contribution >= 4 is 17.5 Å². The second kappa shape index (κ2) is 6.86. The standard InChI is InChI=1S/C19H27N5O/c1-19(2,3)12-15-11-17(23(4)22-15)21-18(25)14-7-8-16(20-13-14)24-9-5-6-10-24/h7-8,11,13H,5-6,9-10,12H2,1-4H3,(H,21,25). The lowest BCUT2D eigenvalue weighted by Gasteiger charge is -2.16. The maximum Gasteiger partial charge on any atom is 0.258 e. The summed E-state index contributed by atoms with van der Waals surface area (Å²) in [4.78, 5) is 19.2. The van der Waals surface area contributed by atoms with Crippen LogP contribution in [0.15, 0.2) is 24.4 Å². The number of carbonyl (C=O) groups is 1. The largest absolute Gasteiger partial charge is 0.357 e. The van der Waals surface area contributed by atoms with E-state index >= 15 is 0 Å². The van der Waals surface area contributed by atoms with Crippen LogP contribution in [0.25, 0.3) is 0 Å². The van der Waals surface area contributed by atoms with Crippen molar-refractivity contribution in [2.24, 2.45) is 12.5 Å². The molecular weight excluding hydrogens is 314 g/mol. The van der Waals surface area contributed by atoms with E-state index in [4.69, 9.17) is 0 Å². The van der Waals surface area contributed by atoms with E-state index in [1.54, 1.807) is 10.9 Å². The molecule has 0 radical (unpaired) electrons. The number of amides is 1. The molecular formula is C19H27N5O. The third-order valence-corrected chi connectivity index (χ3v) is 4.32. The van der Waals surface area contributed by atoms with Gasteiger partial charge in [0.2, 0.25) is 0 Å². The molecule has 1 saturated heterocycles. The Labute approximate surface area is 149 Å². The average Bonchev–Trinajstić information content (AvgIpc) is 3.16. The molecule has 0 spiro atoms. The van der Waals surface area contributed by atoms with Gasteiger partial charge in [0, 0.05) is 32.4 Å². The number of aromatic nitrogens is 3. The first-order chi connectivity index (χ1) is 11.8. The summed E-state index contributed by atoms with van der Waals surface area (Å²) in [6, 6.07) is 5.70. The van der Waals surface area contributed by atoms with Gasteiger partial charge in [-0.25, -0.2) is 4.98 Å². The van der Waals surface area contributed by atoms with Gasteiger partial charge < -0.3 is 10.2 Å². The number of hydrogen-bond donors (Lipinski definition) is 1. The first-order valence-electron chi connectivity index (χ1n) is 8.87.